The lowest BCUT2D eigenvalue weighted by molar-refractivity contribution is 0.589. The summed E-state index contributed by atoms with van der Waals surface area (Å²) >= 11 is 4.75. The largest absolute Gasteiger partial charge is 0.313 e. The minimum Gasteiger partial charge on any atom is -0.313 e. The lowest BCUT2D eigenvalue weighted by Crippen LogP contribution is -2.19. The summed E-state index contributed by atoms with van der Waals surface area (Å²) < 4.78 is 2.60. The molecule has 0 aromatic heterocycles. The first-order valence-corrected chi connectivity index (χ1v) is 8.02. The van der Waals surface area contributed by atoms with Crippen molar-refractivity contribution in [2.75, 3.05) is 7.05 Å². The number of benzene rings is 2. The molecule has 1 atom stereocenters. The molecule has 1 unspecified atom stereocenters. The molecule has 0 aliphatic heterocycles. The number of halogens is 2. The smallest absolute Gasteiger partial charge is 0.0368 e. The summed E-state index contributed by atoms with van der Waals surface area (Å²) in [6, 6.07) is 17.7. The highest BCUT2D eigenvalue weighted by Gasteiger charge is 2.12. The Morgan fingerprint density at radius 1 is 1.00 bits per heavy atom. The Morgan fingerprint density at radius 3 is 2.28 bits per heavy atom. The van der Waals surface area contributed by atoms with Gasteiger partial charge in [0, 0.05) is 13.2 Å². The van der Waals surface area contributed by atoms with Crippen molar-refractivity contribution in [2.24, 2.45) is 0 Å². The third-order valence-corrected chi connectivity index (χ3v) is 4.68. The Morgan fingerprint density at radius 2 is 1.67 bits per heavy atom. The van der Waals surface area contributed by atoms with Crippen molar-refractivity contribution in [3.05, 3.63) is 66.8 Å². The molecule has 0 saturated carbocycles. The minimum atomic E-state index is 0.373. The minimum absolute atomic E-state index is 0.373. The van der Waals surface area contributed by atoms with Gasteiger partial charge >= 0.3 is 0 Å². The second-order valence-corrected chi connectivity index (χ2v) is 6.60. The van der Waals surface area contributed by atoms with Crippen molar-refractivity contribution in [3.8, 4) is 0 Å². The second-order valence-electron chi connectivity index (χ2n) is 4.19. The summed E-state index contributed by atoms with van der Waals surface area (Å²) in [5.74, 6) is 0. The predicted octanol–water partition coefficient (Wildman–Crippen LogP) is 4.40. The van der Waals surface area contributed by atoms with Crippen LogP contribution in [0.1, 0.15) is 17.2 Å². The van der Waals surface area contributed by atoms with Gasteiger partial charge in [0.15, 0.2) is 0 Å². The van der Waals surface area contributed by atoms with Crippen LogP contribution in [0.4, 0.5) is 0 Å². The summed E-state index contributed by atoms with van der Waals surface area (Å²) in [4.78, 5) is 0. The number of likely N-dealkylation sites (N-methyl/N-ethyl adjacent to an activating group) is 1. The summed E-state index contributed by atoms with van der Waals surface area (Å²) in [5, 5.41) is 3.42. The van der Waals surface area contributed by atoms with Crippen LogP contribution >= 0.6 is 45.2 Å². The van der Waals surface area contributed by atoms with Crippen LogP contribution in [0.5, 0.6) is 0 Å². The molecule has 18 heavy (non-hydrogen) atoms. The van der Waals surface area contributed by atoms with Gasteiger partial charge in [-0.15, -0.1) is 0 Å². The van der Waals surface area contributed by atoms with Crippen molar-refractivity contribution < 1.29 is 0 Å². The van der Waals surface area contributed by atoms with E-state index in [1.807, 2.05) is 7.05 Å². The molecule has 0 spiro atoms. The SMILES string of the molecule is CNC(Cc1ccc(I)cc1)c1ccccc1I. The van der Waals surface area contributed by atoms with Gasteiger partial charge in [-0.3, -0.25) is 0 Å². The zero-order chi connectivity index (χ0) is 13.0. The molecule has 0 aliphatic carbocycles. The van der Waals surface area contributed by atoms with Gasteiger partial charge in [0.05, 0.1) is 0 Å². The van der Waals surface area contributed by atoms with Crippen molar-refractivity contribution in [3.63, 3.8) is 0 Å². The summed E-state index contributed by atoms with van der Waals surface area (Å²) in [6.45, 7) is 0. The third-order valence-electron chi connectivity index (χ3n) is 2.98. The van der Waals surface area contributed by atoms with Gasteiger partial charge in [0.25, 0.3) is 0 Å². The normalized spacial score (nSPS) is 12.4. The Hall–Kier alpha value is -0.140. The van der Waals surface area contributed by atoms with E-state index in [9.17, 15) is 0 Å². The Balaban J connectivity index is 2.20. The molecule has 0 saturated heterocycles. The highest BCUT2D eigenvalue weighted by atomic mass is 127. The van der Waals surface area contributed by atoms with Crippen LogP contribution in [0.3, 0.4) is 0 Å². The zero-order valence-corrected chi connectivity index (χ0v) is 14.5. The summed E-state index contributed by atoms with van der Waals surface area (Å²) in [5.41, 5.74) is 2.74. The van der Waals surface area contributed by atoms with Crippen molar-refractivity contribution in [1.29, 1.82) is 0 Å². The molecule has 94 valence electrons. The lowest BCUT2D eigenvalue weighted by atomic mass is 9.99. The molecule has 2 aromatic carbocycles. The fourth-order valence-electron chi connectivity index (χ4n) is 1.98. The fourth-order valence-corrected chi connectivity index (χ4v) is 3.10. The Labute approximate surface area is 136 Å². The van der Waals surface area contributed by atoms with Gasteiger partial charge in [0.2, 0.25) is 0 Å². The molecule has 0 bridgehead atoms. The third kappa shape index (κ3) is 3.68. The van der Waals surface area contributed by atoms with E-state index >= 15 is 0 Å². The molecule has 3 heteroatoms. The maximum absolute atomic E-state index is 3.42. The maximum Gasteiger partial charge on any atom is 0.0368 e. The van der Waals surface area contributed by atoms with Crippen LogP contribution in [0.25, 0.3) is 0 Å². The molecule has 0 aliphatic rings. The summed E-state index contributed by atoms with van der Waals surface area (Å²) in [7, 11) is 2.03. The topological polar surface area (TPSA) is 12.0 Å². The molecular formula is C15H15I2N. The van der Waals surface area contributed by atoms with E-state index in [2.05, 4.69) is 99.0 Å². The predicted molar refractivity (Wildman–Crippen MR) is 93.8 cm³/mol. The van der Waals surface area contributed by atoms with Gasteiger partial charge in [-0.05, 0) is 88.0 Å². The fraction of sp³-hybridized carbons (Fsp3) is 0.200. The molecule has 0 heterocycles. The Kier molecular flexibility index (Phi) is 5.44. The zero-order valence-electron chi connectivity index (χ0n) is 10.2. The van der Waals surface area contributed by atoms with Crippen LogP contribution in [0.2, 0.25) is 0 Å². The van der Waals surface area contributed by atoms with E-state index < -0.39 is 0 Å². The van der Waals surface area contributed by atoms with E-state index in [0.29, 0.717) is 6.04 Å². The first kappa shape index (κ1) is 14.3. The van der Waals surface area contributed by atoms with Crippen LogP contribution in [0, 0.1) is 7.14 Å². The van der Waals surface area contributed by atoms with E-state index in [0.717, 1.165) is 6.42 Å². The van der Waals surface area contributed by atoms with E-state index in [1.165, 1.54) is 18.3 Å². The number of hydrogen-bond acceptors (Lipinski definition) is 1. The van der Waals surface area contributed by atoms with Gasteiger partial charge in [-0.25, -0.2) is 0 Å². The molecule has 2 aromatic rings. The average Bonchev–Trinajstić information content (AvgIpc) is 2.39. The monoisotopic (exact) mass is 463 g/mol. The standard InChI is InChI=1S/C15H15I2N/c1-18-15(13-4-2-3-5-14(13)17)10-11-6-8-12(16)9-7-11/h2-9,15,18H,10H2,1H3. The maximum atomic E-state index is 3.42. The molecule has 0 radical (unpaired) electrons. The lowest BCUT2D eigenvalue weighted by Gasteiger charge is -2.18. The van der Waals surface area contributed by atoms with Crippen molar-refractivity contribution in [2.45, 2.75) is 12.5 Å². The van der Waals surface area contributed by atoms with E-state index in [-0.39, 0.29) is 0 Å². The van der Waals surface area contributed by atoms with Crippen molar-refractivity contribution in [1.82, 2.24) is 5.32 Å². The molecule has 2 rings (SSSR count). The Bertz CT molecular complexity index is 508. The number of rotatable bonds is 4. The van der Waals surface area contributed by atoms with Crippen molar-refractivity contribution >= 4 is 45.2 Å². The van der Waals surface area contributed by atoms with Crippen LogP contribution in [-0.4, -0.2) is 7.05 Å². The van der Waals surface area contributed by atoms with Crippen LogP contribution in [-0.2, 0) is 6.42 Å². The average molecular weight is 463 g/mol. The molecule has 0 fully saturated rings. The first-order valence-electron chi connectivity index (χ1n) is 5.87. The van der Waals surface area contributed by atoms with Gasteiger partial charge < -0.3 is 5.32 Å². The molecule has 1 nitrogen and oxygen atoms in total. The second kappa shape index (κ2) is 6.86. The molecule has 0 amide bonds. The van der Waals surface area contributed by atoms with Gasteiger partial charge in [0.1, 0.15) is 0 Å². The van der Waals surface area contributed by atoms with Gasteiger partial charge in [-0.1, -0.05) is 30.3 Å². The molecule has 1 N–H and O–H groups in total. The number of nitrogens with one attached hydrogen (secondary N) is 1. The van der Waals surface area contributed by atoms with Gasteiger partial charge in [-0.2, -0.15) is 0 Å². The quantitative estimate of drug-likeness (QED) is 0.664. The molecular weight excluding hydrogens is 448 g/mol. The van der Waals surface area contributed by atoms with Crippen LogP contribution in [0.15, 0.2) is 48.5 Å². The highest BCUT2D eigenvalue weighted by molar-refractivity contribution is 14.1. The number of hydrogen-bond donors (Lipinski definition) is 1. The highest BCUT2D eigenvalue weighted by Crippen LogP contribution is 2.23. The van der Waals surface area contributed by atoms with E-state index in [1.54, 1.807) is 0 Å². The van der Waals surface area contributed by atoms with Crippen LogP contribution < -0.4 is 5.32 Å². The first-order chi connectivity index (χ1) is 8.70. The van der Waals surface area contributed by atoms with E-state index in [4.69, 9.17) is 0 Å². The summed E-state index contributed by atoms with van der Waals surface area (Å²) in [6.07, 6.45) is 1.02.